The van der Waals surface area contributed by atoms with Crippen LogP contribution in [0.5, 0.6) is 5.75 Å². The minimum absolute atomic E-state index is 0.100. The Bertz CT molecular complexity index is 1200. The molecule has 1 aromatic carbocycles. The van der Waals surface area contributed by atoms with Gasteiger partial charge in [-0.15, -0.1) is 0 Å². The Morgan fingerprint density at radius 3 is 2.69 bits per heavy atom. The van der Waals surface area contributed by atoms with Crippen LogP contribution >= 0.6 is 7.75 Å². The number of H-pyrrole nitrogens is 1. The molecule has 0 bridgehead atoms. The summed E-state index contributed by atoms with van der Waals surface area (Å²) in [4.78, 5) is 37.4. The molecule has 2 aromatic rings. The molecule has 3 N–H and O–H groups in total. The second-order valence-electron chi connectivity index (χ2n) is 8.23. The van der Waals surface area contributed by atoms with Crippen molar-refractivity contribution in [3.8, 4) is 5.75 Å². The number of rotatable bonds is 10. The fraction of sp³-hybridized carbons (Fsp3) is 0.476. The van der Waals surface area contributed by atoms with Crippen molar-refractivity contribution in [2.45, 2.75) is 51.2 Å². The molecule has 12 nitrogen and oxygen atoms in total. The average molecular weight is 515 g/mol. The maximum absolute atomic E-state index is 13.7. The molecule has 2 heterocycles. The summed E-state index contributed by atoms with van der Waals surface area (Å²) in [5.41, 5.74) is -3.58. The minimum Gasteiger partial charge on any atom is -0.465 e. The standard InChI is InChI=1S/C21H27FN3O9P/c1-4-31-19(28)21(2,3)24-35(30,34-13-8-6-5-7-9-13)32-12-16-15(26)10-17(33-16)25-11-14(22)18(27)23-20(25)29/h5-9,11,15-17,26H,4,10,12H2,1-3H3,(H,24,30)(H,23,27,29)/t15?,16-,17-,35?/m1/s1. The largest absolute Gasteiger partial charge is 0.465 e. The van der Waals surface area contributed by atoms with E-state index in [1.807, 2.05) is 4.98 Å². The molecule has 192 valence electrons. The third-order valence-electron chi connectivity index (χ3n) is 5.02. The predicted octanol–water partition coefficient (Wildman–Crippen LogP) is 1.46. The molecule has 4 atom stereocenters. The van der Waals surface area contributed by atoms with Gasteiger partial charge in [0, 0.05) is 6.42 Å². The van der Waals surface area contributed by atoms with Crippen molar-refractivity contribution in [3.05, 3.63) is 63.2 Å². The van der Waals surface area contributed by atoms with Crippen LogP contribution in [-0.4, -0.2) is 51.6 Å². The van der Waals surface area contributed by atoms with Gasteiger partial charge in [-0.1, -0.05) is 18.2 Å². The average Bonchev–Trinajstić information content (AvgIpc) is 3.15. The van der Waals surface area contributed by atoms with E-state index in [4.69, 9.17) is 18.5 Å². The number of aliphatic hydroxyl groups excluding tert-OH is 1. The number of aromatic amines is 1. The number of benzene rings is 1. The number of hydrogen-bond donors (Lipinski definition) is 3. The topological polar surface area (TPSA) is 158 Å². The monoisotopic (exact) mass is 515 g/mol. The van der Waals surface area contributed by atoms with E-state index < -0.39 is 61.4 Å². The van der Waals surface area contributed by atoms with Gasteiger partial charge in [-0.05, 0) is 32.9 Å². The summed E-state index contributed by atoms with van der Waals surface area (Å²) in [5, 5.41) is 13.0. The van der Waals surface area contributed by atoms with Crippen LogP contribution in [0, 0.1) is 5.82 Å². The first kappa shape index (κ1) is 26.8. The van der Waals surface area contributed by atoms with Crippen LogP contribution in [0.3, 0.4) is 0 Å². The molecule has 1 fully saturated rings. The maximum atomic E-state index is 13.7. The molecule has 1 saturated heterocycles. The van der Waals surface area contributed by atoms with Crippen LogP contribution in [-0.2, 0) is 23.4 Å². The molecule has 1 aliphatic heterocycles. The molecule has 14 heteroatoms. The van der Waals surface area contributed by atoms with Crippen molar-refractivity contribution in [1.29, 1.82) is 0 Å². The lowest BCUT2D eigenvalue weighted by atomic mass is 10.1. The number of aromatic nitrogens is 2. The van der Waals surface area contributed by atoms with Crippen LogP contribution in [0.1, 0.15) is 33.4 Å². The van der Waals surface area contributed by atoms with Crippen molar-refractivity contribution >= 4 is 13.7 Å². The highest BCUT2D eigenvalue weighted by molar-refractivity contribution is 7.52. The number of carbonyl (C=O) groups excluding carboxylic acids is 1. The lowest BCUT2D eigenvalue weighted by Gasteiger charge is -2.29. The quantitative estimate of drug-likeness (QED) is 0.312. The summed E-state index contributed by atoms with van der Waals surface area (Å²) < 4.78 is 49.7. The van der Waals surface area contributed by atoms with Gasteiger partial charge in [0.25, 0.3) is 5.56 Å². The number of aliphatic hydroxyl groups is 1. The van der Waals surface area contributed by atoms with Gasteiger partial charge in [-0.3, -0.25) is 23.7 Å². The second-order valence-corrected chi connectivity index (χ2v) is 9.89. The number of nitrogens with one attached hydrogen (secondary N) is 2. The number of nitrogens with zero attached hydrogens (tertiary/aromatic N) is 1. The van der Waals surface area contributed by atoms with Crippen molar-refractivity contribution < 1.29 is 37.4 Å². The van der Waals surface area contributed by atoms with Crippen LogP contribution < -0.4 is 20.9 Å². The van der Waals surface area contributed by atoms with Gasteiger partial charge in [0.1, 0.15) is 23.6 Å². The van der Waals surface area contributed by atoms with Gasteiger partial charge in [0.15, 0.2) is 0 Å². The third-order valence-corrected chi connectivity index (χ3v) is 6.79. The van der Waals surface area contributed by atoms with E-state index in [1.165, 1.54) is 26.0 Å². The van der Waals surface area contributed by atoms with Gasteiger partial charge in [0.2, 0.25) is 5.82 Å². The molecule has 2 unspecified atom stereocenters. The van der Waals surface area contributed by atoms with Gasteiger partial charge >= 0.3 is 19.4 Å². The highest BCUT2D eigenvalue weighted by Gasteiger charge is 2.43. The van der Waals surface area contributed by atoms with Gasteiger partial charge in [-0.25, -0.2) is 9.36 Å². The normalized spacial score (nSPS) is 21.9. The fourth-order valence-corrected chi connectivity index (χ4v) is 4.96. The zero-order valence-electron chi connectivity index (χ0n) is 19.3. The van der Waals surface area contributed by atoms with Gasteiger partial charge < -0.3 is 19.1 Å². The van der Waals surface area contributed by atoms with E-state index in [0.717, 1.165) is 4.57 Å². The summed E-state index contributed by atoms with van der Waals surface area (Å²) in [6, 6.07) is 8.07. The van der Waals surface area contributed by atoms with Crippen LogP contribution in [0.2, 0.25) is 0 Å². The molecule has 3 rings (SSSR count). The Labute approximate surface area is 199 Å². The van der Waals surface area contributed by atoms with Crippen LogP contribution in [0.4, 0.5) is 4.39 Å². The number of para-hydroxylation sites is 1. The Kier molecular flexibility index (Phi) is 8.29. The van der Waals surface area contributed by atoms with E-state index in [0.29, 0.717) is 6.20 Å². The predicted molar refractivity (Wildman–Crippen MR) is 120 cm³/mol. The summed E-state index contributed by atoms with van der Waals surface area (Å²) in [6.07, 6.45) is -2.86. The van der Waals surface area contributed by atoms with E-state index in [2.05, 4.69) is 5.09 Å². The lowest BCUT2D eigenvalue weighted by Crippen LogP contribution is -2.47. The summed E-state index contributed by atoms with van der Waals surface area (Å²) in [5.74, 6) is -1.71. The van der Waals surface area contributed by atoms with Crippen LogP contribution in [0.15, 0.2) is 46.1 Å². The van der Waals surface area contributed by atoms with Crippen LogP contribution in [0.25, 0.3) is 0 Å². The number of carbonyl (C=O) groups is 1. The Balaban J connectivity index is 1.77. The second kappa shape index (κ2) is 10.8. The number of esters is 1. The summed E-state index contributed by atoms with van der Waals surface area (Å²) >= 11 is 0. The van der Waals surface area contributed by atoms with Gasteiger partial charge in [-0.2, -0.15) is 9.48 Å². The Morgan fingerprint density at radius 2 is 2.03 bits per heavy atom. The molecule has 0 amide bonds. The molecular weight excluding hydrogens is 488 g/mol. The molecule has 35 heavy (non-hydrogen) atoms. The Hall–Kier alpha value is -2.83. The van der Waals surface area contributed by atoms with Crippen molar-refractivity contribution in [3.63, 3.8) is 0 Å². The smallest absolute Gasteiger partial charge is 0.459 e. The molecule has 1 aliphatic rings. The highest BCUT2D eigenvalue weighted by atomic mass is 31.2. The first-order valence-electron chi connectivity index (χ1n) is 10.7. The zero-order valence-corrected chi connectivity index (χ0v) is 20.2. The van der Waals surface area contributed by atoms with E-state index in [9.17, 15) is 28.4 Å². The summed E-state index contributed by atoms with van der Waals surface area (Å²) in [6.45, 7) is 4.11. The van der Waals surface area contributed by atoms with Crippen molar-refractivity contribution in [2.24, 2.45) is 0 Å². The fourth-order valence-electron chi connectivity index (χ4n) is 3.28. The van der Waals surface area contributed by atoms with E-state index >= 15 is 0 Å². The minimum atomic E-state index is -4.25. The molecule has 0 aliphatic carbocycles. The number of hydrogen-bond acceptors (Lipinski definition) is 9. The Morgan fingerprint density at radius 1 is 1.34 bits per heavy atom. The highest BCUT2D eigenvalue weighted by Crippen LogP contribution is 2.47. The first-order chi connectivity index (χ1) is 16.4. The molecule has 0 radical (unpaired) electrons. The maximum Gasteiger partial charge on any atom is 0.459 e. The van der Waals surface area contributed by atoms with Gasteiger partial charge in [0.05, 0.1) is 25.5 Å². The van der Waals surface area contributed by atoms with E-state index in [1.54, 1.807) is 25.1 Å². The first-order valence-corrected chi connectivity index (χ1v) is 12.3. The number of halogens is 1. The van der Waals surface area contributed by atoms with Crippen molar-refractivity contribution in [2.75, 3.05) is 13.2 Å². The van der Waals surface area contributed by atoms with E-state index in [-0.39, 0.29) is 18.8 Å². The molecule has 0 saturated carbocycles. The molecule has 0 spiro atoms. The third kappa shape index (κ3) is 6.65. The van der Waals surface area contributed by atoms with Crippen molar-refractivity contribution in [1.82, 2.24) is 14.6 Å². The lowest BCUT2D eigenvalue weighted by molar-refractivity contribution is -0.149. The SMILES string of the molecule is CCOC(=O)C(C)(C)NP(=O)(OC[C@H]1O[C@@H](n2cc(F)c(=O)[nH]c2=O)CC1O)Oc1ccccc1. The number of ether oxygens (including phenoxy) is 2. The molecule has 1 aromatic heterocycles. The zero-order chi connectivity index (χ0) is 25.8. The molecular formula is C21H27FN3O9P. The summed E-state index contributed by atoms with van der Waals surface area (Å²) in [7, 11) is -4.25.